The van der Waals surface area contributed by atoms with Crippen LogP contribution in [0.1, 0.15) is 22.9 Å². The second-order valence-corrected chi connectivity index (χ2v) is 7.79. The lowest BCUT2D eigenvalue weighted by Gasteiger charge is -2.21. The number of aromatic nitrogens is 4. The molecule has 4 rings (SSSR count). The molecule has 3 aromatic rings. The number of likely N-dealkylation sites (N-methyl/N-ethyl adjacent to an activating group) is 1. The molecule has 0 saturated heterocycles. The highest BCUT2D eigenvalue weighted by atomic mass is 32.1. The highest BCUT2D eigenvalue weighted by molar-refractivity contribution is 7.22. The van der Waals surface area contributed by atoms with Crippen LogP contribution in [0.4, 0.5) is 5.13 Å². The third-order valence-corrected chi connectivity index (χ3v) is 5.67. The first kappa shape index (κ1) is 17.9. The van der Waals surface area contributed by atoms with E-state index in [1.807, 2.05) is 41.8 Å². The molecule has 0 atom stereocenters. The fourth-order valence-corrected chi connectivity index (χ4v) is 4.17. The van der Waals surface area contributed by atoms with E-state index in [4.69, 9.17) is 4.74 Å². The highest BCUT2D eigenvalue weighted by Crippen LogP contribution is 2.32. The summed E-state index contributed by atoms with van der Waals surface area (Å²) in [5.41, 5.74) is 0.852. The average Bonchev–Trinajstić information content (AvgIpc) is 3.35. The van der Waals surface area contributed by atoms with Crippen LogP contribution in [-0.2, 0) is 13.0 Å². The number of hydrogen-bond donors (Lipinski definition) is 0. The van der Waals surface area contributed by atoms with Gasteiger partial charge in [-0.05, 0) is 38.7 Å². The Morgan fingerprint density at radius 3 is 2.93 bits per heavy atom. The molecule has 0 spiro atoms. The summed E-state index contributed by atoms with van der Waals surface area (Å²) in [4.78, 5) is 21.7. The summed E-state index contributed by atoms with van der Waals surface area (Å²) in [6, 6.07) is 5.74. The highest BCUT2D eigenvalue weighted by Gasteiger charge is 2.28. The molecule has 0 aliphatic carbocycles. The van der Waals surface area contributed by atoms with Gasteiger partial charge in [0.25, 0.3) is 5.91 Å². The molecular formula is C18H22N6O2S. The van der Waals surface area contributed by atoms with Gasteiger partial charge in [-0.2, -0.15) is 0 Å². The summed E-state index contributed by atoms with van der Waals surface area (Å²) >= 11 is 1.48. The van der Waals surface area contributed by atoms with Crippen LogP contribution >= 0.6 is 11.3 Å². The zero-order valence-electron chi connectivity index (χ0n) is 15.7. The lowest BCUT2D eigenvalue weighted by molar-refractivity contribution is 0.0971. The van der Waals surface area contributed by atoms with Crippen molar-refractivity contribution in [2.24, 2.45) is 0 Å². The molecular weight excluding hydrogens is 364 g/mol. The largest absolute Gasteiger partial charge is 0.497 e. The van der Waals surface area contributed by atoms with Gasteiger partial charge >= 0.3 is 0 Å². The van der Waals surface area contributed by atoms with Crippen molar-refractivity contribution in [3.63, 3.8) is 0 Å². The van der Waals surface area contributed by atoms with E-state index in [9.17, 15) is 4.79 Å². The predicted molar refractivity (Wildman–Crippen MR) is 105 cm³/mol. The van der Waals surface area contributed by atoms with E-state index >= 15 is 0 Å². The van der Waals surface area contributed by atoms with Crippen LogP contribution in [0.5, 0.6) is 5.75 Å². The molecule has 1 aliphatic rings. The van der Waals surface area contributed by atoms with Crippen LogP contribution in [0.25, 0.3) is 10.2 Å². The number of amides is 1. The maximum Gasteiger partial charge on any atom is 0.298 e. The zero-order valence-corrected chi connectivity index (χ0v) is 16.5. The Morgan fingerprint density at radius 2 is 2.15 bits per heavy atom. The van der Waals surface area contributed by atoms with Crippen molar-refractivity contribution in [1.82, 2.24) is 24.6 Å². The maximum atomic E-state index is 13.3. The quantitative estimate of drug-likeness (QED) is 0.645. The van der Waals surface area contributed by atoms with Crippen molar-refractivity contribution in [1.29, 1.82) is 0 Å². The van der Waals surface area contributed by atoms with E-state index < -0.39 is 0 Å². The second-order valence-electron chi connectivity index (χ2n) is 6.79. The molecule has 0 fully saturated rings. The number of carbonyl (C=O) groups excluding carboxylic acids is 1. The first-order valence-corrected chi connectivity index (χ1v) is 9.71. The van der Waals surface area contributed by atoms with Crippen LogP contribution in [0.15, 0.2) is 18.2 Å². The number of benzene rings is 1. The summed E-state index contributed by atoms with van der Waals surface area (Å²) in [6.07, 6.45) is 1.88. The molecule has 142 valence electrons. The van der Waals surface area contributed by atoms with E-state index in [1.165, 1.54) is 11.3 Å². The van der Waals surface area contributed by atoms with E-state index in [-0.39, 0.29) is 5.91 Å². The zero-order chi connectivity index (χ0) is 19.0. The first-order valence-electron chi connectivity index (χ1n) is 8.90. The molecule has 0 unspecified atom stereocenters. The number of aryl methyl sites for hydroxylation is 1. The Hall–Kier alpha value is -2.52. The Balaban J connectivity index is 1.71. The lowest BCUT2D eigenvalue weighted by Crippen LogP contribution is -2.38. The molecule has 1 aliphatic heterocycles. The molecule has 1 amide bonds. The second kappa shape index (κ2) is 7.24. The number of methoxy groups -OCH3 is 1. The minimum atomic E-state index is -0.150. The summed E-state index contributed by atoms with van der Waals surface area (Å²) in [6.45, 7) is 2.05. The van der Waals surface area contributed by atoms with Crippen molar-refractivity contribution >= 4 is 32.6 Å². The fourth-order valence-electron chi connectivity index (χ4n) is 3.15. The number of carbonyl (C=O) groups is 1. The third kappa shape index (κ3) is 3.40. The minimum Gasteiger partial charge on any atom is -0.497 e. The predicted octanol–water partition coefficient (Wildman–Crippen LogP) is 2.05. The number of anilines is 1. The van der Waals surface area contributed by atoms with Gasteiger partial charge in [-0.25, -0.2) is 4.98 Å². The molecule has 27 heavy (non-hydrogen) atoms. The molecule has 0 saturated carbocycles. The Morgan fingerprint density at radius 1 is 1.30 bits per heavy atom. The number of rotatable bonds is 6. The van der Waals surface area contributed by atoms with Crippen molar-refractivity contribution in [2.75, 3.05) is 39.2 Å². The summed E-state index contributed by atoms with van der Waals surface area (Å²) in [5, 5.41) is 9.00. The number of fused-ring (bicyclic) bond motifs is 2. The van der Waals surface area contributed by atoms with Gasteiger partial charge in [0.05, 0.1) is 17.3 Å². The van der Waals surface area contributed by atoms with Crippen molar-refractivity contribution in [2.45, 2.75) is 19.4 Å². The van der Waals surface area contributed by atoms with Gasteiger partial charge in [0.15, 0.2) is 5.13 Å². The van der Waals surface area contributed by atoms with Crippen LogP contribution in [0.2, 0.25) is 0 Å². The van der Waals surface area contributed by atoms with E-state index in [2.05, 4.69) is 15.2 Å². The van der Waals surface area contributed by atoms with Gasteiger partial charge in [-0.3, -0.25) is 9.69 Å². The topological polar surface area (TPSA) is 76.4 Å². The number of nitrogens with zero attached hydrogens (tertiary/aromatic N) is 6. The Bertz CT molecular complexity index is 980. The van der Waals surface area contributed by atoms with E-state index in [1.54, 1.807) is 12.0 Å². The Labute approximate surface area is 161 Å². The molecule has 0 radical (unpaired) electrons. The molecule has 0 N–H and O–H groups in total. The summed E-state index contributed by atoms with van der Waals surface area (Å²) < 4.78 is 8.21. The van der Waals surface area contributed by atoms with Gasteiger partial charge in [-0.1, -0.05) is 11.3 Å². The van der Waals surface area contributed by atoms with E-state index in [0.717, 1.165) is 47.7 Å². The Kier molecular flexibility index (Phi) is 4.79. The van der Waals surface area contributed by atoms with Gasteiger partial charge in [-0.15, -0.1) is 10.2 Å². The number of hydrogen-bond acceptors (Lipinski definition) is 7. The summed E-state index contributed by atoms with van der Waals surface area (Å²) in [7, 11) is 5.61. The van der Waals surface area contributed by atoms with Gasteiger partial charge in [0.1, 0.15) is 11.6 Å². The molecule has 2 aromatic heterocycles. The number of thiazole rings is 1. The molecule has 3 heterocycles. The van der Waals surface area contributed by atoms with Crippen LogP contribution in [0, 0.1) is 0 Å². The molecule has 0 bridgehead atoms. The first-order chi connectivity index (χ1) is 13.1. The number of ether oxygens (including phenoxy) is 1. The molecule has 1 aromatic carbocycles. The standard InChI is InChI=1S/C18H22N6O2S/c1-22(2)9-10-24(17(25)16-21-20-15-5-4-8-23(15)16)18-19-13-7-6-12(26-3)11-14(13)27-18/h6-7,11H,4-5,8-10H2,1-3H3. The monoisotopic (exact) mass is 386 g/mol. The lowest BCUT2D eigenvalue weighted by atomic mass is 10.3. The smallest absolute Gasteiger partial charge is 0.298 e. The molecule has 8 nitrogen and oxygen atoms in total. The normalized spacial score (nSPS) is 13.3. The van der Waals surface area contributed by atoms with Gasteiger partial charge in [0.2, 0.25) is 5.82 Å². The SMILES string of the molecule is COc1ccc2nc(N(CCN(C)C)C(=O)c3nnc4n3CCC4)sc2c1. The van der Waals surface area contributed by atoms with Crippen LogP contribution < -0.4 is 9.64 Å². The van der Waals surface area contributed by atoms with Gasteiger partial charge in [0, 0.05) is 26.1 Å². The summed E-state index contributed by atoms with van der Waals surface area (Å²) in [5.74, 6) is 1.92. The van der Waals surface area contributed by atoms with Crippen molar-refractivity contribution in [3.8, 4) is 5.75 Å². The van der Waals surface area contributed by atoms with Crippen molar-refractivity contribution in [3.05, 3.63) is 29.8 Å². The third-order valence-electron chi connectivity index (χ3n) is 4.63. The van der Waals surface area contributed by atoms with Gasteiger partial charge < -0.3 is 14.2 Å². The maximum absolute atomic E-state index is 13.3. The average molecular weight is 386 g/mol. The minimum absolute atomic E-state index is 0.150. The van der Waals surface area contributed by atoms with E-state index in [0.29, 0.717) is 17.5 Å². The van der Waals surface area contributed by atoms with Crippen LogP contribution in [-0.4, -0.2) is 64.9 Å². The fraction of sp³-hybridized carbons (Fsp3) is 0.444. The molecule has 9 heteroatoms. The van der Waals surface area contributed by atoms with Crippen LogP contribution in [0.3, 0.4) is 0 Å². The van der Waals surface area contributed by atoms with Crippen molar-refractivity contribution < 1.29 is 9.53 Å².